The Morgan fingerprint density at radius 2 is 1.84 bits per heavy atom. The summed E-state index contributed by atoms with van der Waals surface area (Å²) in [6.45, 7) is 5.51. The summed E-state index contributed by atoms with van der Waals surface area (Å²) in [5.74, 6) is 1.69. The van der Waals surface area contributed by atoms with E-state index in [1.54, 1.807) is 0 Å². The summed E-state index contributed by atoms with van der Waals surface area (Å²) in [7, 11) is 0. The van der Waals surface area contributed by atoms with Crippen molar-refractivity contribution in [3.05, 3.63) is 34.9 Å². The van der Waals surface area contributed by atoms with Crippen LogP contribution in [0.3, 0.4) is 0 Å². The Morgan fingerprint density at radius 1 is 1.16 bits per heavy atom. The molecule has 1 saturated carbocycles. The number of hydrogen-bond donors (Lipinski definition) is 1. The van der Waals surface area contributed by atoms with Gasteiger partial charge in [0.15, 0.2) is 0 Å². The molecule has 1 aliphatic carbocycles. The predicted molar refractivity (Wildman–Crippen MR) is 83.6 cm³/mol. The van der Waals surface area contributed by atoms with Crippen molar-refractivity contribution in [2.24, 2.45) is 11.8 Å². The van der Waals surface area contributed by atoms with E-state index in [0.717, 1.165) is 23.4 Å². The first kappa shape index (κ1) is 14.9. The summed E-state index contributed by atoms with van der Waals surface area (Å²) in [5, 5.41) is 4.57. The van der Waals surface area contributed by atoms with E-state index in [0.29, 0.717) is 6.04 Å². The molecular weight excluding hydrogens is 254 g/mol. The Balaban J connectivity index is 2.10. The van der Waals surface area contributed by atoms with Gasteiger partial charge in [0, 0.05) is 11.1 Å². The zero-order chi connectivity index (χ0) is 13.7. The van der Waals surface area contributed by atoms with Gasteiger partial charge in [-0.15, -0.1) is 0 Å². The van der Waals surface area contributed by atoms with Gasteiger partial charge in [-0.25, -0.2) is 0 Å². The Bertz CT molecular complexity index is 383. The zero-order valence-electron chi connectivity index (χ0n) is 12.2. The van der Waals surface area contributed by atoms with Crippen molar-refractivity contribution < 1.29 is 0 Å². The smallest absolute Gasteiger partial charge is 0.0453 e. The van der Waals surface area contributed by atoms with E-state index in [4.69, 9.17) is 11.6 Å². The third-order valence-electron chi connectivity index (χ3n) is 4.60. The Hall–Kier alpha value is -0.530. The molecule has 1 nitrogen and oxygen atoms in total. The molecule has 1 fully saturated rings. The summed E-state index contributed by atoms with van der Waals surface area (Å²) in [6, 6.07) is 8.74. The highest BCUT2D eigenvalue weighted by Gasteiger charge is 2.28. The molecule has 1 unspecified atom stereocenters. The van der Waals surface area contributed by atoms with Crippen LogP contribution in [0.5, 0.6) is 0 Å². The lowest BCUT2D eigenvalue weighted by Gasteiger charge is -2.34. The average Bonchev–Trinajstić information content (AvgIpc) is 2.46. The van der Waals surface area contributed by atoms with Crippen molar-refractivity contribution in [2.45, 2.75) is 52.0 Å². The van der Waals surface area contributed by atoms with Crippen LogP contribution < -0.4 is 5.32 Å². The van der Waals surface area contributed by atoms with Gasteiger partial charge in [-0.1, -0.05) is 62.9 Å². The summed E-state index contributed by atoms with van der Waals surface area (Å²) in [6.07, 6.45) is 6.77. The summed E-state index contributed by atoms with van der Waals surface area (Å²) in [5.41, 5.74) is 1.28. The molecule has 19 heavy (non-hydrogen) atoms. The van der Waals surface area contributed by atoms with E-state index in [1.165, 1.54) is 37.7 Å². The van der Waals surface area contributed by atoms with E-state index >= 15 is 0 Å². The van der Waals surface area contributed by atoms with Gasteiger partial charge >= 0.3 is 0 Å². The predicted octanol–water partition coefficient (Wildman–Crippen LogP) is 5.21. The number of hydrogen-bond acceptors (Lipinski definition) is 1. The molecule has 0 aliphatic heterocycles. The van der Waals surface area contributed by atoms with Crippen LogP contribution in [-0.2, 0) is 0 Å². The fourth-order valence-corrected chi connectivity index (χ4v) is 3.66. The van der Waals surface area contributed by atoms with Crippen LogP contribution in [-0.4, -0.2) is 6.54 Å². The molecule has 0 amide bonds. The average molecular weight is 280 g/mol. The topological polar surface area (TPSA) is 12.0 Å². The van der Waals surface area contributed by atoms with E-state index in [-0.39, 0.29) is 0 Å². The van der Waals surface area contributed by atoms with Crippen LogP contribution in [0.25, 0.3) is 0 Å². The summed E-state index contributed by atoms with van der Waals surface area (Å²) >= 11 is 6.39. The highest BCUT2D eigenvalue weighted by atomic mass is 35.5. The van der Waals surface area contributed by atoms with Crippen molar-refractivity contribution >= 4 is 11.6 Å². The lowest BCUT2D eigenvalue weighted by Crippen LogP contribution is -2.31. The molecule has 0 saturated heterocycles. The largest absolute Gasteiger partial charge is 0.310 e. The fraction of sp³-hybridized carbons (Fsp3) is 0.647. The second-order valence-electron chi connectivity index (χ2n) is 5.75. The summed E-state index contributed by atoms with van der Waals surface area (Å²) < 4.78 is 0. The van der Waals surface area contributed by atoms with Crippen LogP contribution in [0.1, 0.15) is 57.6 Å². The molecule has 0 bridgehead atoms. The maximum Gasteiger partial charge on any atom is 0.0453 e. The third kappa shape index (κ3) is 3.73. The molecule has 0 heterocycles. The Labute approximate surface area is 122 Å². The van der Waals surface area contributed by atoms with Crippen molar-refractivity contribution in [3.8, 4) is 0 Å². The van der Waals surface area contributed by atoms with E-state index in [2.05, 4.69) is 31.3 Å². The highest BCUT2D eigenvalue weighted by molar-refractivity contribution is 6.31. The minimum Gasteiger partial charge on any atom is -0.310 e. The van der Waals surface area contributed by atoms with Gasteiger partial charge in [-0.05, 0) is 42.9 Å². The normalized spacial score (nSPS) is 25.2. The number of halogens is 1. The molecule has 2 heteroatoms. The fourth-order valence-electron chi connectivity index (χ4n) is 3.41. The molecule has 0 aromatic heterocycles. The van der Waals surface area contributed by atoms with Gasteiger partial charge < -0.3 is 5.32 Å². The molecule has 1 N–H and O–H groups in total. The minimum atomic E-state index is 0.427. The SMILES string of the molecule is CCNC(c1ccccc1Cl)C1CCC(CC)CC1. The first-order valence-corrected chi connectivity index (χ1v) is 8.11. The molecule has 1 atom stereocenters. The maximum atomic E-state index is 6.39. The van der Waals surface area contributed by atoms with Crippen molar-refractivity contribution in [1.82, 2.24) is 5.32 Å². The number of nitrogens with one attached hydrogen (secondary N) is 1. The van der Waals surface area contributed by atoms with Crippen LogP contribution >= 0.6 is 11.6 Å². The van der Waals surface area contributed by atoms with Crippen molar-refractivity contribution in [1.29, 1.82) is 0 Å². The molecule has 106 valence electrons. The number of rotatable bonds is 5. The maximum absolute atomic E-state index is 6.39. The first-order valence-electron chi connectivity index (χ1n) is 7.74. The van der Waals surface area contributed by atoms with Crippen LogP contribution in [0.4, 0.5) is 0 Å². The lowest BCUT2D eigenvalue weighted by molar-refractivity contribution is 0.220. The van der Waals surface area contributed by atoms with Gasteiger partial charge in [-0.2, -0.15) is 0 Å². The molecule has 0 radical (unpaired) electrons. The quantitative estimate of drug-likeness (QED) is 0.780. The minimum absolute atomic E-state index is 0.427. The molecular formula is C17H26ClN. The zero-order valence-corrected chi connectivity index (χ0v) is 12.9. The van der Waals surface area contributed by atoms with Gasteiger partial charge in [0.05, 0.1) is 0 Å². The molecule has 0 spiro atoms. The van der Waals surface area contributed by atoms with Gasteiger partial charge in [-0.3, -0.25) is 0 Å². The van der Waals surface area contributed by atoms with Crippen molar-refractivity contribution in [2.75, 3.05) is 6.54 Å². The van der Waals surface area contributed by atoms with Gasteiger partial charge in [0.1, 0.15) is 0 Å². The Morgan fingerprint density at radius 3 is 2.42 bits per heavy atom. The molecule has 1 aromatic carbocycles. The Kier molecular flexibility index (Phi) is 5.72. The van der Waals surface area contributed by atoms with Gasteiger partial charge in [0.2, 0.25) is 0 Å². The summed E-state index contributed by atoms with van der Waals surface area (Å²) in [4.78, 5) is 0. The monoisotopic (exact) mass is 279 g/mol. The number of benzene rings is 1. The van der Waals surface area contributed by atoms with Gasteiger partial charge in [0.25, 0.3) is 0 Å². The second kappa shape index (κ2) is 7.31. The lowest BCUT2D eigenvalue weighted by atomic mass is 9.76. The standard InChI is InChI=1S/C17H26ClN/c1-3-13-9-11-14(12-10-13)17(19-4-2)15-7-5-6-8-16(15)18/h5-8,13-14,17,19H,3-4,9-12H2,1-2H3. The molecule has 1 aliphatic rings. The van der Waals surface area contributed by atoms with E-state index < -0.39 is 0 Å². The van der Waals surface area contributed by atoms with Crippen LogP contribution in [0.15, 0.2) is 24.3 Å². The highest BCUT2D eigenvalue weighted by Crippen LogP contribution is 2.39. The second-order valence-corrected chi connectivity index (χ2v) is 6.15. The molecule has 2 rings (SSSR count). The van der Waals surface area contributed by atoms with E-state index in [1.807, 2.05) is 12.1 Å². The third-order valence-corrected chi connectivity index (χ3v) is 4.95. The van der Waals surface area contributed by atoms with Crippen molar-refractivity contribution in [3.63, 3.8) is 0 Å². The molecule has 1 aromatic rings. The van der Waals surface area contributed by atoms with E-state index in [9.17, 15) is 0 Å². The first-order chi connectivity index (χ1) is 9.26. The van der Waals surface area contributed by atoms with Crippen LogP contribution in [0, 0.1) is 11.8 Å². The van der Waals surface area contributed by atoms with Crippen LogP contribution in [0.2, 0.25) is 5.02 Å².